The van der Waals surface area contributed by atoms with Crippen molar-refractivity contribution in [3.05, 3.63) is 68.7 Å². The monoisotopic (exact) mass is 391 g/mol. The minimum Gasteiger partial charge on any atom is -0.379 e. The van der Waals surface area contributed by atoms with E-state index in [9.17, 15) is 14.9 Å². The van der Waals surface area contributed by atoms with Gasteiger partial charge in [-0.3, -0.25) is 14.9 Å². The Kier molecular flexibility index (Phi) is 6.31. The lowest BCUT2D eigenvalue weighted by Gasteiger charge is -2.16. The van der Waals surface area contributed by atoms with Crippen molar-refractivity contribution < 1.29 is 9.72 Å². The standard InChI is InChI=1S/C17H18BrN3O3/c1-12(13-6-2-3-7-14(13)18)20-17(22)10-11-19-15-8-4-5-9-16(15)21(23)24/h2-9,12,19H,10-11H2,1H3,(H,20,22). The van der Waals surface area contributed by atoms with Gasteiger partial charge in [0.2, 0.25) is 5.91 Å². The largest absolute Gasteiger partial charge is 0.379 e. The molecule has 7 heteroatoms. The second-order valence-electron chi connectivity index (χ2n) is 5.26. The van der Waals surface area contributed by atoms with Crippen LogP contribution in [-0.4, -0.2) is 17.4 Å². The average Bonchev–Trinajstić information content (AvgIpc) is 2.55. The van der Waals surface area contributed by atoms with Crippen LogP contribution in [0.15, 0.2) is 53.0 Å². The number of benzene rings is 2. The Bertz CT molecular complexity index is 737. The van der Waals surface area contributed by atoms with Crippen LogP contribution < -0.4 is 10.6 Å². The molecule has 2 N–H and O–H groups in total. The highest BCUT2D eigenvalue weighted by molar-refractivity contribution is 9.10. The van der Waals surface area contributed by atoms with Crippen LogP contribution in [-0.2, 0) is 4.79 Å². The zero-order chi connectivity index (χ0) is 17.5. The summed E-state index contributed by atoms with van der Waals surface area (Å²) < 4.78 is 0.941. The van der Waals surface area contributed by atoms with Gasteiger partial charge in [-0.1, -0.05) is 46.3 Å². The molecule has 6 nitrogen and oxygen atoms in total. The fraction of sp³-hybridized carbons (Fsp3) is 0.235. The van der Waals surface area contributed by atoms with E-state index in [1.165, 1.54) is 6.07 Å². The molecule has 1 unspecified atom stereocenters. The lowest BCUT2D eigenvalue weighted by atomic mass is 10.1. The van der Waals surface area contributed by atoms with Crippen molar-refractivity contribution in [2.45, 2.75) is 19.4 Å². The molecule has 126 valence electrons. The molecule has 2 rings (SSSR count). The second kappa shape index (κ2) is 8.44. The molecule has 0 aromatic heterocycles. The number of amides is 1. The van der Waals surface area contributed by atoms with Crippen LogP contribution in [0.25, 0.3) is 0 Å². The first-order valence-electron chi connectivity index (χ1n) is 7.50. The molecule has 0 radical (unpaired) electrons. The van der Waals surface area contributed by atoms with Gasteiger partial charge in [-0.25, -0.2) is 0 Å². The van der Waals surface area contributed by atoms with Gasteiger partial charge in [0.15, 0.2) is 0 Å². The van der Waals surface area contributed by atoms with Gasteiger partial charge in [-0.15, -0.1) is 0 Å². The maximum absolute atomic E-state index is 12.0. The number of nitrogens with one attached hydrogen (secondary N) is 2. The smallest absolute Gasteiger partial charge is 0.292 e. The molecule has 24 heavy (non-hydrogen) atoms. The van der Waals surface area contributed by atoms with Gasteiger partial charge in [0.1, 0.15) is 5.69 Å². The molecule has 0 spiro atoms. The van der Waals surface area contributed by atoms with Gasteiger partial charge in [-0.2, -0.15) is 0 Å². The van der Waals surface area contributed by atoms with Crippen molar-refractivity contribution in [2.24, 2.45) is 0 Å². The lowest BCUT2D eigenvalue weighted by Crippen LogP contribution is -2.28. The van der Waals surface area contributed by atoms with E-state index in [2.05, 4.69) is 26.6 Å². The molecule has 2 aromatic carbocycles. The molecule has 0 bridgehead atoms. The Morgan fingerprint density at radius 2 is 1.88 bits per heavy atom. The van der Waals surface area contributed by atoms with Crippen molar-refractivity contribution >= 4 is 33.2 Å². The van der Waals surface area contributed by atoms with Crippen molar-refractivity contribution in [1.29, 1.82) is 0 Å². The average molecular weight is 392 g/mol. The number of nitrogens with zero attached hydrogens (tertiary/aromatic N) is 1. The van der Waals surface area contributed by atoms with Gasteiger partial charge in [0, 0.05) is 23.5 Å². The minimum absolute atomic E-state index is 0.000470. The first-order chi connectivity index (χ1) is 11.5. The maximum atomic E-state index is 12.0. The molecular formula is C17H18BrN3O3. The minimum atomic E-state index is -0.447. The van der Waals surface area contributed by atoms with Crippen molar-refractivity contribution in [1.82, 2.24) is 5.32 Å². The summed E-state index contributed by atoms with van der Waals surface area (Å²) >= 11 is 3.46. The lowest BCUT2D eigenvalue weighted by molar-refractivity contribution is -0.384. The Hall–Kier alpha value is -2.41. The third-order valence-corrected chi connectivity index (χ3v) is 4.24. The van der Waals surface area contributed by atoms with E-state index in [-0.39, 0.29) is 24.1 Å². The van der Waals surface area contributed by atoms with Crippen LogP contribution in [0.2, 0.25) is 0 Å². The normalized spacial score (nSPS) is 11.6. The number of hydrogen-bond donors (Lipinski definition) is 2. The van der Waals surface area contributed by atoms with Gasteiger partial charge in [0.05, 0.1) is 11.0 Å². The summed E-state index contributed by atoms with van der Waals surface area (Å²) in [5, 5.41) is 16.8. The Morgan fingerprint density at radius 1 is 1.21 bits per heavy atom. The predicted molar refractivity (Wildman–Crippen MR) is 96.9 cm³/mol. The first-order valence-corrected chi connectivity index (χ1v) is 8.29. The van der Waals surface area contributed by atoms with E-state index < -0.39 is 4.92 Å². The number of anilines is 1. The first kappa shape index (κ1) is 17.9. The Morgan fingerprint density at radius 3 is 2.58 bits per heavy atom. The quantitative estimate of drug-likeness (QED) is 0.550. The summed E-state index contributed by atoms with van der Waals surface area (Å²) in [4.78, 5) is 22.5. The summed E-state index contributed by atoms with van der Waals surface area (Å²) in [6.45, 7) is 2.23. The zero-order valence-electron chi connectivity index (χ0n) is 13.2. The van der Waals surface area contributed by atoms with Crippen LogP contribution in [0.3, 0.4) is 0 Å². The van der Waals surface area contributed by atoms with E-state index in [1.54, 1.807) is 18.2 Å². The molecule has 0 aliphatic heterocycles. The SMILES string of the molecule is CC(NC(=O)CCNc1ccccc1[N+](=O)[O-])c1ccccc1Br. The fourth-order valence-corrected chi connectivity index (χ4v) is 2.94. The number of carbonyl (C=O) groups excluding carboxylic acids is 1. The molecule has 0 aliphatic rings. The molecule has 0 saturated heterocycles. The molecule has 0 aliphatic carbocycles. The molecule has 1 amide bonds. The summed E-state index contributed by atoms with van der Waals surface area (Å²) in [5.74, 6) is -0.121. The number of hydrogen-bond acceptors (Lipinski definition) is 4. The van der Waals surface area contributed by atoms with Crippen LogP contribution >= 0.6 is 15.9 Å². The summed E-state index contributed by atoms with van der Waals surface area (Å²) in [5.41, 5.74) is 1.41. The predicted octanol–water partition coefficient (Wildman–Crippen LogP) is 4.04. The van der Waals surface area contributed by atoms with Gasteiger partial charge in [-0.05, 0) is 24.6 Å². The van der Waals surface area contributed by atoms with Gasteiger partial charge in [0.25, 0.3) is 5.69 Å². The van der Waals surface area contributed by atoms with E-state index >= 15 is 0 Å². The molecule has 0 fully saturated rings. The second-order valence-corrected chi connectivity index (χ2v) is 6.12. The summed E-state index contributed by atoms with van der Waals surface area (Å²) in [6.07, 6.45) is 0.223. The van der Waals surface area contributed by atoms with Gasteiger partial charge < -0.3 is 10.6 Å². The highest BCUT2D eigenvalue weighted by Crippen LogP contribution is 2.24. The van der Waals surface area contributed by atoms with Crippen LogP contribution in [0.4, 0.5) is 11.4 Å². The fourth-order valence-electron chi connectivity index (χ4n) is 2.31. The number of para-hydroxylation sites is 2. The number of nitro groups is 1. The highest BCUT2D eigenvalue weighted by atomic mass is 79.9. The maximum Gasteiger partial charge on any atom is 0.292 e. The molecule has 1 atom stereocenters. The topological polar surface area (TPSA) is 84.3 Å². The van der Waals surface area contributed by atoms with E-state index in [4.69, 9.17) is 0 Å². The number of rotatable bonds is 7. The number of nitro benzene ring substituents is 1. The van der Waals surface area contributed by atoms with Crippen LogP contribution in [0, 0.1) is 10.1 Å². The molecule has 2 aromatic rings. The van der Waals surface area contributed by atoms with Crippen LogP contribution in [0.1, 0.15) is 24.9 Å². The van der Waals surface area contributed by atoms with Crippen LogP contribution in [0.5, 0.6) is 0 Å². The van der Waals surface area contributed by atoms with Crippen molar-refractivity contribution in [3.63, 3.8) is 0 Å². The van der Waals surface area contributed by atoms with E-state index in [1.807, 2.05) is 31.2 Å². The highest BCUT2D eigenvalue weighted by Gasteiger charge is 2.14. The third-order valence-electron chi connectivity index (χ3n) is 3.52. The molecule has 0 saturated carbocycles. The van der Waals surface area contributed by atoms with Crippen molar-refractivity contribution in [2.75, 3.05) is 11.9 Å². The van der Waals surface area contributed by atoms with E-state index in [0.29, 0.717) is 12.2 Å². The van der Waals surface area contributed by atoms with E-state index in [0.717, 1.165) is 10.0 Å². The molecular weight excluding hydrogens is 374 g/mol. The Balaban J connectivity index is 1.86. The van der Waals surface area contributed by atoms with Crippen molar-refractivity contribution in [3.8, 4) is 0 Å². The summed E-state index contributed by atoms with van der Waals surface area (Å²) in [6, 6.07) is 13.9. The number of carbonyl (C=O) groups is 1. The zero-order valence-corrected chi connectivity index (χ0v) is 14.7. The Labute approximate surface area is 148 Å². The molecule has 0 heterocycles. The summed E-state index contributed by atoms with van der Waals surface area (Å²) in [7, 11) is 0. The van der Waals surface area contributed by atoms with Gasteiger partial charge >= 0.3 is 0 Å². The number of halogens is 1. The third kappa shape index (κ3) is 4.79.